The summed E-state index contributed by atoms with van der Waals surface area (Å²) in [5.41, 5.74) is 3.74. The molecule has 176 valence electrons. The normalized spacial score (nSPS) is 14.9. The van der Waals surface area contributed by atoms with E-state index in [0.717, 1.165) is 36.3 Å². The zero-order valence-corrected chi connectivity index (χ0v) is 19.2. The molecule has 1 heterocycles. The van der Waals surface area contributed by atoms with Crippen molar-refractivity contribution in [3.05, 3.63) is 90.0 Å². The lowest BCUT2D eigenvalue weighted by molar-refractivity contribution is -0.126. The SMILES string of the molecule is CCN1CCN(C(=O)/C(=C/c2ccccc2OC(F)F)c2ccc(-c3ccccc3)cc2)CC1. The van der Waals surface area contributed by atoms with Gasteiger partial charge in [-0.05, 0) is 35.4 Å². The van der Waals surface area contributed by atoms with E-state index in [4.69, 9.17) is 4.74 Å². The quantitative estimate of drug-likeness (QED) is 0.336. The summed E-state index contributed by atoms with van der Waals surface area (Å²) in [5.74, 6) is -0.0745. The third-order valence-electron chi connectivity index (χ3n) is 6.08. The standard InChI is InChI=1S/C28H28F2N2O2/c1-2-31-16-18-32(19-17-31)27(33)25(20-24-10-6-7-11-26(24)34-28(29)30)23-14-12-22(13-15-23)21-8-4-3-5-9-21/h3-15,20,28H,2,16-19H2,1H3/b25-20+. The first kappa shape index (κ1) is 23.6. The molecule has 1 saturated heterocycles. The molecule has 1 amide bonds. The predicted molar refractivity (Wildman–Crippen MR) is 132 cm³/mol. The minimum Gasteiger partial charge on any atom is -0.434 e. The molecule has 0 spiro atoms. The third-order valence-corrected chi connectivity index (χ3v) is 6.08. The molecule has 0 atom stereocenters. The first-order chi connectivity index (χ1) is 16.5. The van der Waals surface area contributed by atoms with Crippen LogP contribution in [-0.4, -0.2) is 55.0 Å². The second-order valence-corrected chi connectivity index (χ2v) is 8.14. The van der Waals surface area contributed by atoms with E-state index in [1.165, 1.54) is 6.07 Å². The number of halogens is 2. The lowest BCUT2D eigenvalue weighted by Gasteiger charge is -2.34. The van der Waals surface area contributed by atoms with Crippen LogP contribution in [0.1, 0.15) is 18.1 Å². The van der Waals surface area contributed by atoms with Gasteiger partial charge in [-0.1, -0.05) is 79.7 Å². The number of nitrogens with zero attached hydrogens (tertiary/aromatic N) is 2. The molecule has 1 aliphatic rings. The fourth-order valence-electron chi connectivity index (χ4n) is 4.14. The Kier molecular flexibility index (Phi) is 7.70. The first-order valence-corrected chi connectivity index (χ1v) is 11.5. The Labute approximate surface area is 199 Å². The minimum absolute atomic E-state index is 0.0412. The number of hydrogen-bond acceptors (Lipinski definition) is 3. The number of amides is 1. The van der Waals surface area contributed by atoms with E-state index in [9.17, 15) is 13.6 Å². The van der Waals surface area contributed by atoms with Crippen molar-refractivity contribution >= 4 is 17.6 Å². The first-order valence-electron chi connectivity index (χ1n) is 11.5. The molecular weight excluding hydrogens is 434 g/mol. The van der Waals surface area contributed by atoms with Crippen molar-refractivity contribution < 1.29 is 18.3 Å². The van der Waals surface area contributed by atoms with Crippen molar-refractivity contribution in [3.63, 3.8) is 0 Å². The zero-order valence-electron chi connectivity index (χ0n) is 19.2. The largest absolute Gasteiger partial charge is 0.434 e. The molecule has 0 bridgehead atoms. The maximum Gasteiger partial charge on any atom is 0.387 e. The van der Waals surface area contributed by atoms with Gasteiger partial charge in [0.1, 0.15) is 5.75 Å². The Balaban J connectivity index is 1.70. The molecule has 1 fully saturated rings. The predicted octanol–water partition coefficient (Wildman–Crippen LogP) is 5.66. The molecule has 6 heteroatoms. The lowest BCUT2D eigenvalue weighted by atomic mass is 9.97. The number of para-hydroxylation sites is 1. The van der Waals surface area contributed by atoms with Crippen LogP contribution in [-0.2, 0) is 4.79 Å². The van der Waals surface area contributed by atoms with Gasteiger partial charge in [0, 0.05) is 37.3 Å². The molecule has 0 aromatic heterocycles. The van der Waals surface area contributed by atoms with E-state index in [0.29, 0.717) is 24.2 Å². The summed E-state index contributed by atoms with van der Waals surface area (Å²) < 4.78 is 30.6. The van der Waals surface area contributed by atoms with Crippen molar-refractivity contribution in [2.24, 2.45) is 0 Å². The Morgan fingerprint density at radius 1 is 0.882 bits per heavy atom. The van der Waals surface area contributed by atoms with Gasteiger partial charge in [0.15, 0.2) is 0 Å². The van der Waals surface area contributed by atoms with Crippen LogP contribution >= 0.6 is 0 Å². The summed E-state index contributed by atoms with van der Waals surface area (Å²) in [4.78, 5) is 17.8. The second-order valence-electron chi connectivity index (χ2n) is 8.14. The number of likely N-dealkylation sites (N-methyl/N-ethyl adjacent to an activating group) is 1. The van der Waals surface area contributed by atoms with Crippen LogP contribution in [0.4, 0.5) is 8.78 Å². The summed E-state index contributed by atoms with van der Waals surface area (Å²) in [7, 11) is 0. The van der Waals surface area contributed by atoms with Gasteiger partial charge in [-0.15, -0.1) is 0 Å². The Morgan fingerprint density at radius 3 is 2.15 bits per heavy atom. The average molecular weight is 463 g/mol. The number of rotatable bonds is 7. The number of piperazine rings is 1. The molecule has 0 saturated carbocycles. The van der Waals surface area contributed by atoms with Crippen molar-refractivity contribution in [3.8, 4) is 16.9 Å². The molecule has 34 heavy (non-hydrogen) atoms. The zero-order chi connectivity index (χ0) is 23.9. The maximum absolute atomic E-state index is 13.6. The molecule has 1 aliphatic heterocycles. The number of carbonyl (C=O) groups is 1. The number of hydrogen-bond donors (Lipinski definition) is 0. The van der Waals surface area contributed by atoms with Crippen molar-refractivity contribution in [1.29, 1.82) is 0 Å². The molecular formula is C28H28F2N2O2. The molecule has 3 aromatic carbocycles. The minimum atomic E-state index is -2.94. The molecule has 0 radical (unpaired) electrons. The summed E-state index contributed by atoms with van der Waals surface area (Å²) in [5, 5.41) is 0. The van der Waals surface area contributed by atoms with E-state index in [1.807, 2.05) is 59.5 Å². The van der Waals surface area contributed by atoms with Crippen LogP contribution in [0.5, 0.6) is 5.75 Å². The molecule has 4 rings (SSSR count). The Bertz CT molecular complexity index is 1120. The lowest BCUT2D eigenvalue weighted by Crippen LogP contribution is -2.48. The van der Waals surface area contributed by atoms with E-state index in [1.54, 1.807) is 24.3 Å². The highest BCUT2D eigenvalue weighted by molar-refractivity contribution is 6.24. The average Bonchev–Trinajstić information content (AvgIpc) is 2.88. The van der Waals surface area contributed by atoms with Gasteiger partial charge in [-0.2, -0.15) is 8.78 Å². The van der Waals surface area contributed by atoms with E-state index in [2.05, 4.69) is 11.8 Å². The molecule has 0 unspecified atom stereocenters. The summed E-state index contributed by atoms with van der Waals surface area (Å²) >= 11 is 0. The number of carbonyl (C=O) groups excluding carboxylic acids is 1. The summed E-state index contributed by atoms with van der Waals surface area (Å²) in [6.45, 7) is 2.99. The number of benzene rings is 3. The highest BCUT2D eigenvalue weighted by Gasteiger charge is 2.24. The van der Waals surface area contributed by atoms with Crippen LogP contribution in [0.15, 0.2) is 78.9 Å². The fourth-order valence-corrected chi connectivity index (χ4v) is 4.14. The summed E-state index contributed by atoms with van der Waals surface area (Å²) in [6, 6.07) is 24.3. The Morgan fingerprint density at radius 2 is 1.50 bits per heavy atom. The van der Waals surface area contributed by atoms with Crippen LogP contribution < -0.4 is 4.74 Å². The number of ether oxygens (including phenoxy) is 1. The van der Waals surface area contributed by atoms with E-state index < -0.39 is 6.61 Å². The van der Waals surface area contributed by atoms with Gasteiger partial charge in [0.2, 0.25) is 0 Å². The van der Waals surface area contributed by atoms with Crippen LogP contribution in [0.25, 0.3) is 22.8 Å². The topological polar surface area (TPSA) is 32.8 Å². The van der Waals surface area contributed by atoms with Crippen molar-refractivity contribution in [1.82, 2.24) is 9.80 Å². The van der Waals surface area contributed by atoms with Crippen molar-refractivity contribution in [2.45, 2.75) is 13.5 Å². The van der Waals surface area contributed by atoms with Gasteiger partial charge in [0.25, 0.3) is 5.91 Å². The highest BCUT2D eigenvalue weighted by atomic mass is 19.3. The Hall–Kier alpha value is -3.51. The fraction of sp³-hybridized carbons (Fsp3) is 0.250. The van der Waals surface area contributed by atoms with Gasteiger partial charge >= 0.3 is 6.61 Å². The summed E-state index contributed by atoms with van der Waals surface area (Å²) in [6.07, 6.45) is 1.66. The van der Waals surface area contributed by atoms with E-state index >= 15 is 0 Å². The maximum atomic E-state index is 13.6. The van der Waals surface area contributed by atoms with Gasteiger partial charge in [0.05, 0.1) is 0 Å². The van der Waals surface area contributed by atoms with Gasteiger partial charge in [-0.25, -0.2) is 0 Å². The monoisotopic (exact) mass is 462 g/mol. The molecule has 3 aromatic rings. The second kappa shape index (κ2) is 11.1. The molecule has 0 aliphatic carbocycles. The number of alkyl halides is 2. The molecule has 0 N–H and O–H groups in total. The third kappa shape index (κ3) is 5.69. The van der Waals surface area contributed by atoms with Gasteiger partial charge < -0.3 is 14.5 Å². The highest BCUT2D eigenvalue weighted by Crippen LogP contribution is 2.29. The van der Waals surface area contributed by atoms with Crippen LogP contribution in [0.2, 0.25) is 0 Å². The smallest absolute Gasteiger partial charge is 0.387 e. The van der Waals surface area contributed by atoms with E-state index in [-0.39, 0.29) is 11.7 Å². The van der Waals surface area contributed by atoms with Crippen LogP contribution in [0.3, 0.4) is 0 Å². The van der Waals surface area contributed by atoms with Crippen molar-refractivity contribution in [2.75, 3.05) is 32.7 Å². The molecule has 4 nitrogen and oxygen atoms in total. The van der Waals surface area contributed by atoms with Crippen LogP contribution in [0, 0.1) is 0 Å². The van der Waals surface area contributed by atoms with Gasteiger partial charge in [-0.3, -0.25) is 4.79 Å².